The van der Waals surface area contributed by atoms with Crippen LogP contribution in [-0.4, -0.2) is 34.2 Å². The van der Waals surface area contributed by atoms with E-state index in [0.717, 1.165) is 23.7 Å². The molecule has 5 rings (SSSR count). The summed E-state index contributed by atoms with van der Waals surface area (Å²) >= 11 is 13.2. The fraction of sp³-hybridized carbons (Fsp3) is 0.148. The first-order chi connectivity index (χ1) is 17.4. The minimum Gasteiger partial charge on any atom is -0.337 e. The molecule has 0 saturated heterocycles. The smallest absolute Gasteiger partial charge is 0.283 e. The third-order valence-electron chi connectivity index (χ3n) is 5.98. The Bertz CT molecular complexity index is 1430. The quantitative estimate of drug-likeness (QED) is 0.371. The number of halogens is 3. The number of carbonyl (C=O) groups is 2. The molecule has 2 aliphatic heterocycles. The van der Waals surface area contributed by atoms with E-state index in [1.54, 1.807) is 41.3 Å². The van der Waals surface area contributed by atoms with Gasteiger partial charge in [-0.05, 0) is 53.5 Å². The van der Waals surface area contributed by atoms with Gasteiger partial charge in [0.2, 0.25) is 5.91 Å². The monoisotopic (exact) mass is 539 g/mol. The van der Waals surface area contributed by atoms with Crippen molar-refractivity contribution in [2.24, 2.45) is 4.99 Å². The number of carbonyl (C=O) groups excluding carboxylic acids is 2. The molecule has 0 N–H and O–H groups in total. The van der Waals surface area contributed by atoms with Crippen LogP contribution in [0.2, 0.25) is 10.0 Å². The molecule has 0 saturated carbocycles. The maximum Gasteiger partial charge on any atom is 0.283 e. The molecular formula is C27H20Cl2FN3O2S. The molecule has 0 bridgehead atoms. The zero-order valence-corrected chi connectivity index (χ0v) is 21.3. The SMILES string of the molecule is O=C(CSC1=N/C(=C\c2ccc(Cl)c(Cl)c2)C(=O)N1c1ccccc1F)N1CCc2ccccc2C1. The first-order valence-corrected chi connectivity index (χ1v) is 13.0. The minimum absolute atomic E-state index is 0.0687. The van der Waals surface area contributed by atoms with Crippen LogP contribution in [0.25, 0.3) is 6.08 Å². The molecule has 36 heavy (non-hydrogen) atoms. The van der Waals surface area contributed by atoms with Gasteiger partial charge >= 0.3 is 0 Å². The number of hydrogen-bond acceptors (Lipinski definition) is 4. The number of nitrogens with zero attached hydrogens (tertiary/aromatic N) is 3. The van der Waals surface area contributed by atoms with Crippen molar-refractivity contribution in [3.05, 3.63) is 105 Å². The molecule has 3 aromatic carbocycles. The van der Waals surface area contributed by atoms with E-state index in [-0.39, 0.29) is 28.2 Å². The Balaban J connectivity index is 1.39. The zero-order chi connectivity index (χ0) is 25.2. The number of aliphatic imine (C=N–C) groups is 1. The van der Waals surface area contributed by atoms with Crippen LogP contribution in [0.4, 0.5) is 10.1 Å². The van der Waals surface area contributed by atoms with Gasteiger partial charge in [0.05, 0.1) is 21.5 Å². The average molecular weight is 540 g/mol. The number of fused-ring (bicyclic) bond motifs is 1. The van der Waals surface area contributed by atoms with Gasteiger partial charge in [-0.2, -0.15) is 0 Å². The Morgan fingerprint density at radius 3 is 2.56 bits per heavy atom. The Morgan fingerprint density at radius 1 is 1.03 bits per heavy atom. The lowest BCUT2D eigenvalue weighted by Crippen LogP contribution is -2.38. The number of para-hydroxylation sites is 1. The van der Waals surface area contributed by atoms with E-state index >= 15 is 0 Å². The highest BCUT2D eigenvalue weighted by atomic mass is 35.5. The van der Waals surface area contributed by atoms with Crippen LogP contribution in [0.3, 0.4) is 0 Å². The van der Waals surface area contributed by atoms with Crippen LogP contribution < -0.4 is 4.90 Å². The lowest BCUT2D eigenvalue weighted by Gasteiger charge is -2.29. The maximum absolute atomic E-state index is 14.7. The summed E-state index contributed by atoms with van der Waals surface area (Å²) in [5.41, 5.74) is 3.20. The van der Waals surface area contributed by atoms with Gasteiger partial charge in [-0.25, -0.2) is 9.38 Å². The van der Waals surface area contributed by atoms with Crippen molar-refractivity contribution in [3.63, 3.8) is 0 Å². The predicted molar refractivity (Wildman–Crippen MR) is 144 cm³/mol. The highest BCUT2D eigenvalue weighted by molar-refractivity contribution is 8.14. The molecule has 0 aromatic heterocycles. The number of hydrogen-bond donors (Lipinski definition) is 0. The summed E-state index contributed by atoms with van der Waals surface area (Å²) in [6.45, 7) is 1.17. The van der Waals surface area contributed by atoms with Gasteiger partial charge < -0.3 is 4.90 Å². The van der Waals surface area contributed by atoms with Crippen molar-refractivity contribution in [1.29, 1.82) is 0 Å². The van der Waals surface area contributed by atoms with Crippen molar-refractivity contribution >= 4 is 63.7 Å². The number of benzene rings is 3. The number of rotatable bonds is 4. The van der Waals surface area contributed by atoms with Crippen LogP contribution in [0.5, 0.6) is 0 Å². The summed E-state index contributed by atoms with van der Waals surface area (Å²) in [6, 6.07) is 19.0. The van der Waals surface area contributed by atoms with Crippen molar-refractivity contribution < 1.29 is 14.0 Å². The Morgan fingerprint density at radius 2 is 1.78 bits per heavy atom. The summed E-state index contributed by atoms with van der Waals surface area (Å²) in [4.78, 5) is 33.8. The lowest BCUT2D eigenvalue weighted by molar-refractivity contribution is -0.129. The normalized spacial score (nSPS) is 16.4. The van der Waals surface area contributed by atoms with E-state index in [2.05, 4.69) is 11.1 Å². The first kappa shape index (κ1) is 24.6. The van der Waals surface area contributed by atoms with Crippen molar-refractivity contribution in [1.82, 2.24) is 4.90 Å². The second-order valence-corrected chi connectivity index (χ2v) is 10.1. The summed E-state index contributed by atoms with van der Waals surface area (Å²) in [5, 5.41) is 0.972. The fourth-order valence-electron chi connectivity index (χ4n) is 4.12. The van der Waals surface area contributed by atoms with Gasteiger partial charge in [-0.1, -0.05) is 77.4 Å². The van der Waals surface area contributed by atoms with Crippen molar-refractivity contribution in [2.75, 3.05) is 17.2 Å². The zero-order valence-electron chi connectivity index (χ0n) is 19.0. The summed E-state index contributed by atoms with van der Waals surface area (Å²) in [6.07, 6.45) is 2.36. The molecule has 0 radical (unpaired) electrons. The van der Waals surface area contributed by atoms with Crippen LogP contribution in [0.1, 0.15) is 16.7 Å². The van der Waals surface area contributed by atoms with E-state index in [9.17, 15) is 14.0 Å². The molecule has 0 atom stereocenters. The second-order valence-electron chi connectivity index (χ2n) is 8.31. The van der Waals surface area contributed by atoms with Gasteiger partial charge in [0, 0.05) is 13.1 Å². The molecule has 2 amide bonds. The second kappa shape index (κ2) is 10.5. The molecule has 5 nitrogen and oxygen atoms in total. The average Bonchev–Trinajstić information content (AvgIpc) is 3.19. The predicted octanol–water partition coefficient (Wildman–Crippen LogP) is 6.19. The van der Waals surface area contributed by atoms with E-state index in [4.69, 9.17) is 23.2 Å². The summed E-state index contributed by atoms with van der Waals surface area (Å²) < 4.78 is 14.7. The van der Waals surface area contributed by atoms with Gasteiger partial charge in [-0.3, -0.25) is 14.5 Å². The topological polar surface area (TPSA) is 53.0 Å². The Kier molecular flexibility index (Phi) is 7.14. The molecule has 3 aromatic rings. The van der Waals surface area contributed by atoms with Crippen molar-refractivity contribution in [3.8, 4) is 0 Å². The van der Waals surface area contributed by atoms with Gasteiger partial charge in [0.1, 0.15) is 11.5 Å². The lowest BCUT2D eigenvalue weighted by atomic mass is 10.00. The third kappa shape index (κ3) is 5.05. The van der Waals surface area contributed by atoms with Crippen LogP contribution in [-0.2, 0) is 22.6 Å². The van der Waals surface area contributed by atoms with Gasteiger partial charge in [0.25, 0.3) is 5.91 Å². The standard InChI is InChI=1S/C27H20Cl2FN3O2S/c28-20-10-9-17(13-21(20)29)14-23-26(35)33(24-8-4-3-7-22(24)30)27(31-23)36-16-25(34)32-12-11-18-5-1-2-6-19(18)15-32/h1-10,13-14H,11-12,15-16H2/b23-14-. The van der Waals surface area contributed by atoms with E-state index in [1.807, 2.05) is 18.2 Å². The van der Waals surface area contributed by atoms with Crippen molar-refractivity contribution in [2.45, 2.75) is 13.0 Å². The molecule has 0 fully saturated rings. The van der Waals surface area contributed by atoms with Gasteiger partial charge in [0.15, 0.2) is 5.17 Å². The largest absolute Gasteiger partial charge is 0.337 e. The first-order valence-electron chi connectivity index (χ1n) is 11.2. The molecule has 2 aliphatic rings. The minimum atomic E-state index is -0.561. The number of thioether (sulfide) groups is 1. The summed E-state index contributed by atoms with van der Waals surface area (Å²) in [7, 11) is 0. The Hall–Kier alpha value is -3.13. The van der Waals surface area contributed by atoms with E-state index in [1.165, 1.54) is 22.6 Å². The third-order valence-corrected chi connectivity index (χ3v) is 7.64. The molecular weight excluding hydrogens is 520 g/mol. The van der Waals surface area contributed by atoms with E-state index < -0.39 is 11.7 Å². The Labute approximate surface area is 222 Å². The molecule has 0 spiro atoms. The number of amidine groups is 1. The van der Waals surface area contributed by atoms with Crippen LogP contribution in [0, 0.1) is 5.82 Å². The van der Waals surface area contributed by atoms with E-state index in [0.29, 0.717) is 28.7 Å². The highest BCUT2D eigenvalue weighted by Crippen LogP contribution is 2.32. The molecule has 0 unspecified atom stereocenters. The molecule has 9 heteroatoms. The highest BCUT2D eigenvalue weighted by Gasteiger charge is 2.34. The summed E-state index contributed by atoms with van der Waals surface area (Å²) in [5.74, 6) is -1.05. The molecule has 182 valence electrons. The number of amides is 2. The molecule has 0 aliphatic carbocycles. The molecule has 2 heterocycles. The fourth-order valence-corrected chi connectivity index (χ4v) is 5.34. The van der Waals surface area contributed by atoms with Crippen LogP contribution in [0.15, 0.2) is 77.4 Å². The maximum atomic E-state index is 14.7. The number of anilines is 1. The van der Waals surface area contributed by atoms with Gasteiger partial charge in [-0.15, -0.1) is 0 Å². The van der Waals surface area contributed by atoms with Crippen LogP contribution >= 0.6 is 35.0 Å².